The number of Topliss-reactive ketones (excluding diaryl/α,β-unsaturated/α-hetero) is 1. The molecular weight excluding hydrogens is 274 g/mol. The smallest absolute Gasteiger partial charge is 0.164 e. The van der Waals surface area contributed by atoms with E-state index in [4.69, 9.17) is 4.74 Å². The number of hydrogen-bond acceptors (Lipinski definition) is 3. The first-order valence-corrected chi connectivity index (χ1v) is 8.73. The molecule has 0 radical (unpaired) electrons. The fourth-order valence-corrected chi connectivity index (χ4v) is 3.94. The van der Waals surface area contributed by atoms with Gasteiger partial charge in [0.2, 0.25) is 0 Å². The monoisotopic (exact) mass is 301 g/mol. The van der Waals surface area contributed by atoms with E-state index in [0.29, 0.717) is 13.0 Å². The van der Waals surface area contributed by atoms with E-state index in [2.05, 4.69) is 4.90 Å². The molecule has 1 aliphatic carbocycles. The maximum absolute atomic E-state index is 12.3. The second-order valence-corrected chi connectivity index (χ2v) is 6.76. The molecule has 0 spiro atoms. The fourth-order valence-electron chi connectivity index (χ4n) is 3.94. The van der Waals surface area contributed by atoms with Crippen LogP contribution in [0.25, 0.3) is 0 Å². The maximum atomic E-state index is 12.3. The zero-order valence-corrected chi connectivity index (χ0v) is 13.6. The van der Waals surface area contributed by atoms with Gasteiger partial charge in [-0.2, -0.15) is 0 Å². The van der Waals surface area contributed by atoms with Crippen LogP contribution in [0.1, 0.15) is 49.4 Å². The molecule has 0 N–H and O–H groups in total. The van der Waals surface area contributed by atoms with Gasteiger partial charge in [-0.3, -0.25) is 4.79 Å². The topological polar surface area (TPSA) is 29.5 Å². The third-order valence-electron chi connectivity index (χ3n) is 5.16. The van der Waals surface area contributed by atoms with Crippen molar-refractivity contribution < 1.29 is 9.53 Å². The lowest BCUT2D eigenvalue weighted by molar-refractivity contribution is 0.0960. The van der Waals surface area contributed by atoms with Gasteiger partial charge in [0.15, 0.2) is 5.78 Å². The zero-order chi connectivity index (χ0) is 15.4. The molecule has 120 valence electrons. The summed E-state index contributed by atoms with van der Waals surface area (Å²) in [5, 5.41) is 0. The quantitative estimate of drug-likeness (QED) is 0.749. The summed E-state index contributed by atoms with van der Waals surface area (Å²) in [6.07, 6.45) is 6.21. The number of fused-ring (bicyclic) bond motifs is 2. The third kappa shape index (κ3) is 3.89. The number of rotatable bonds is 6. The molecule has 2 bridgehead atoms. The second kappa shape index (κ2) is 7.28. The van der Waals surface area contributed by atoms with Crippen LogP contribution in [-0.2, 0) is 0 Å². The number of nitrogens with zero attached hydrogens (tertiary/aromatic N) is 1. The summed E-state index contributed by atoms with van der Waals surface area (Å²) in [6, 6.07) is 7.55. The number of carbonyl (C=O) groups excluding carboxylic acids is 1. The Bertz CT molecular complexity index is 497. The number of carbonyl (C=O) groups is 1. The molecule has 2 atom stereocenters. The molecule has 1 saturated heterocycles. The van der Waals surface area contributed by atoms with Gasteiger partial charge in [-0.25, -0.2) is 0 Å². The van der Waals surface area contributed by atoms with Gasteiger partial charge < -0.3 is 9.64 Å². The molecule has 22 heavy (non-hydrogen) atoms. The summed E-state index contributed by atoms with van der Waals surface area (Å²) in [7, 11) is 0. The zero-order valence-electron chi connectivity index (χ0n) is 13.6. The number of ketones is 1. The van der Waals surface area contributed by atoms with E-state index < -0.39 is 0 Å². The highest BCUT2D eigenvalue weighted by Gasteiger charge is 2.29. The SMILES string of the molecule is CCOc1ccc(C(=O)CCN2CC[C@H]3CC[C@@H](C3)C2)cc1. The lowest BCUT2D eigenvalue weighted by atomic mass is 10.0. The predicted octanol–water partition coefficient (Wildman–Crippen LogP) is 3.78. The van der Waals surface area contributed by atoms with E-state index >= 15 is 0 Å². The van der Waals surface area contributed by atoms with E-state index in [1.54, 1.807) is 0 Å². The van der Waals surface area contributed by atoms with Crippen LogP contribution in [0.2, 0.25) is 0 Å². The normalized spacial score (nSPS) is 25.0. The largest absolute Gasteiger partial charge is 0.494 e. The Morgan fingerprint density at radius 1 is 1.18 bits per heavy atom. The van der Waals surface area contributed by atoms with Crippen molar-refractivity contribution in [1.82, 2.24) is 4.90 Å². The van der Waals surface area contributed by atoms with Crippen molar-refractivity contribution in [1.29, 1.82) is 0 Å². The van der Waals surface area contributed by atoms with Gasteiger partial charge in [-0.05, 0) is 68.8 Å². The van der Waals surface area contributed by atoms with E-state index in [-0.39, 0.29) is 5.78 Å². The van der Waals surface area contributed by atoms with Gasteiger partial charge in [0, 0.05) is 25.1 Å². The number of hydrogen-bond donors (Lipinski definition) is 0. The van der Waals surface area contributed by atoms with Crippen molar-refractivity contribution in [2.75, 3.05) is 26.2 Å². The Morgan fingerprint density at radius 2 is 1.95 bits per heavy atom. The minimum Gasteiger partial charge on any atom is -0.494 e. The van der Waals surface area contributed by atoms with Gasteiger partial charge in [0.1, 0.15) is 5.75 Å². The second-order valence-electron chi connectivity index (χ2n) is 6.76. The van der Waals surface area contributed by atoms with Crippen LogP contribution in [-0.4, -0.2) is 36.9 Å². The number of ether oxygens (including phenoxy) is 1. The van der Waals surface area contributed by atoms with Gasteiger partial charge >= 0.3 is 0 Å². The molecule has 2 aliphatic rings. The molecule has 0 amide bonds. The highest BCUT2D eigenvalue weighted by Crippen LogP contribution is 2.36. The van der Waals surface area contributed by atoms with Crippen molar-refractivity contribution in [3.05, 3.63) is 29.8 Å². The molecule has 2 fully saturated rings. The van der Waals surface area contributed by atoms with Crippen molar-refractivity contribution in [2.45, 2.75) is 39.0 Å². The highest BCUT2D eigenvalue weighted by atomic mass is 16.5. The van der Waals surface area contributed by atoms with E-state index in [0.717, 1.165) is 29.7 Å². The van der Waals surface area contributed by atoms with E-state index in [1.807, 2.05) is 31.2 Å². The Hall–Kier alpha value is -1.35. The van der Waals surface area contributed by atoms with Gasteiger partial charge in [-0.1, -0.05) is 6.42 Å². The molecule has 3 heteroatoms. The number of likely N-dealkylation sites (tertiary alicyclic amines) is 1. The predicted molar refractivity (Wildman–Crippen MR) is 88.4 cm³/mol. The fraction of sp³-hybridized carbons (Fsp3) is 0.632. The molecule has 1 heterocycles. The van der Waals surface area contributed by atoms with Gasteiger partial charge in [0.25, 0.3) is 0 Å². The number of benzene rings is 1. The minimum absolute atomic E-state index is 0.248. The summed E-state index contributed by atoms with van der Waals surface area (Å²) >= 11 is 0. The summed E-state index contributed by atoms with van der Waals surface area (Å²) in [5.74, 6) is 2.92. The van der Waals surface area contributed by atoms with Crippen LogP contribution in [0.4, 0.5) is 0 Å². The highest BCUT2D eigenvalue weighted by molar-refractivity contribution is 5.96. The van der Waals surface area contributed by atoms with Crippen LogP contribution >= 0.6 is 0 Å². The molecule has 3 nitrogen and oxygen atoms in total. The third-order valence-corrected chi connectivity index (χ3v) is 5.16. The Labute approximate surface area is 133 Å². The first kappa shape index (κ1) is 15.5. The Morgan fingerprint density at radius 3 is 2.73 bits per heavy atom. The Kier molecular flexibility index (Phi) is 5.14. The molecule has 0 unspecified atom stereocenters. The van der Waals surface area contributed by atoms with E-state index in [1.165, 1.54) is 38.8 Å². The molecule has 1 aromatic rings. The molecule has 3 rings (SSSR count). The summed E-state index contributed by atoms with van der Waals surface area (Å²) < 4.78 is 5.42. The van der Waals surface area contributed by atoms with E-state index in [9.17, 15) is 4.79 Å². The average molecular weight is 301 g/mol. The Balaban J connectivity index is 1.49. The van der Waals surface area contributed by atoms with Crippen molar-refractivity contribution in [3.8, 4) is 5.75 Å². The van der Waals surface area contributed by atoms with Gasteiger partial charge in [-0.15, -0.1) is 0 Å². The lowest BCUT2D eigenvalue weighted by Gasteiger charge is -2.24. The van der Waals surface area contributed by atoms with Crippen LogP contribution in [0.15, 0.2) is 24.3 Å². The average Bonchev–Trinajstić information content (AvgIpc) is 2.87. The maximum Gasteiger partial charge on any atom is 0.164 e. The van der Waals surface area contributed by atoms with Crippen LogP contribution in [0, 0.1) is 11.8 Å². The standard InChI is InChI=1S/C19H27NO2/c1-2-22-18-7-5-17(6-8-18)19(21)10-12-20-11-9-15-3-4-16(13-15)14-20/h5-8,15-16H,2-4,9-14H2,1H3/t15-,16+/m1/s1. The molecule has 1 saturated carbocycles. The first-order chi connectivity index (χ1) is 10.7. The minimum atomic E-state index is 0.248. The summed E-state index contributed by atoms with van der Waals surface area (Å²) in [6.45, 7) is 5.91. The van der Waals surface area contributed by atoms with Crippen molar-refractivity contribution >= 4 is 5.78 Å². The summed E-state index contributed by atoms with van der Waals surface area (Å²) in [4.78, 5) is 14.8. The lowest BCUT2D eigenvalue weighted by Crippen LogP contribution is -2.31. The van der Waals surface area contributed by atoms with Crippen LogP contribution in [0.3, 0.4) is 0 Å². The molecular formula is C19H27NO2. The van der Waals surface area contributed by atoms with Crippen molar-refractivity contribution in [2.24, 2.45) is 11.8 Å². The van der Waals surface area contributed by atoms with Crippen molar-refractivity contribution in [3.63, 3.8) is 0 Å². The van der Waals surface area contributed by atoms with Crippen LogP contribution < -0.4 is 4.74 Å². The van der Waals surface area contributed by atoms with Crippen LogP contribution in [0.5, 0.6) is 5.75 Å². The summed E-state index contributed by atoms with van der Waals surface area (Å²) in [5.41, 5.74) is 0.805. The molecule has 1 aliphatic heterocycles. The molecule has 0 aromatic heterocycles. The first-order valence-electron chi connectivity index (χ1n) is 8.73. The molecule has 1 aromatic carbocycles. The van der Waals surface area contributed by atoms with Gasteiger partial charge in [0.05, 0.1) is 6.61 Å².